The predicted molar refractivity (Wildman–Crippen MR) is 83.4 cm³/mol. The number of hydrogen-bond donors (Lipinski definition) is 0. The molecule has 0 fully saturated rings. The van der Waals surface area contributed by atoms with Gasteiger partial charge in [0, 0.05) is 5.56 Å². The van der Waals surface area contributed by atoms with Crippen LogP contribution in [0.25, 0.3) is 0 Å². The highest BCUT2D eigenvalue weighted by Crippen LogP contribution is 2.20. The first-order valence-corrected chi connectivity index (χ1v) is 6.66. The largest absolute Gasteiger partial charge is 0.357 e. The third-order valence-electron chi connectivity index (χ3n) is 2.97. The van der Waals surface area contributed by atoms with Gasteiger partial charge in [-0.3, -0.25) is 0 Å². The Morgan fingerprint density at radius 2 is 1.80 bits per heavy atom. The molecule has 0 N–H and O–H groups in total. The SMILES string of the molecule is C=CCO[C@@H](C#Cc1ccccc1)c1ccccc1C. The van der Waals surface area contributed by atoms with Crippen LogP contribution in [0, 0.1) is 18.8 Å². The van der Waals surface area contributed by atoms with Crippen molar-refractivity contribution >= 4 is 0 Å². The van der Waals surface area contributed by atoms with Crippen LogP contribution in [0.3, 0.4) is 0 Å². The van der Waals surface area contributed by atoms with E-state index in [-0.39, 0.29) is 6.10 Å². The zero-order chi connectivity index (χ0) is 14.2. The Morgan fingerprint density at radius 3 is 2.50 bits per heavy atom. The molecule has 0 saturated carbocycles. The van der Waals surface area contributed by atoms with Crippen LogP contribution in [-0.4, -0.2) is 6.61 Å². The number of hydrogen-bond acceptors (Lipinski definition) is 1. The maximum Gasteiger partial charge on any atom is 0.144 e. The predicted octanol–water partition coefficient (Wildman–Crippen LogP) is 4.29. The fourth-order valence-corrected chi connectivity index (χ4v) is 1.92. The smallest absolute Gasteiger partial charge is 0.144 e. The minimum absolute atomic E-state index is 0.227. The van der Waals surface area contributed by atoms with E-state index in [2.05, 4.69) is 37.5 Å². The molecule has 2 aromatic carbocycles. The Bertz CT molecular complexity index is 617. The molecular formula is C19H18O. The lowest BCUT2D eigenvalue weighted by Gasteiger charge is -2.13. The van der Waals surface area contributed by atoms with Crippen LogP contribution in [0.5, 0.6) is 0 Å². The van der Waals surface area contributed by atoms with Gasteiger partial charge >= 0.3 is 0 Å². The van der Waals surface area contributed by atoms with Crippen molar-refractivity contribution < 1.29 is 4.74 Å². The molecule has 1 nitrogen and oxygen atoms in total. The van der Waals surface area contributed by atoms with Gasteiger partial charge in [-0.25, -0.2) is 0 Å². The van der Waals surface area contributed by atoms with Crippen LogP contribution in [0.2, 0.25) is 0 Å². The summed E-state index contributed by atoms with van der Waals surface area (Å²) < 4.78 is 5.79. The second-order valence-corrected chi connectivity index (χ2v) is 4.49. The highest BCUT2D eigenvalue weighted by atomic mass is 16.5. The van der Waals surface area contributed by atoms with Gasteiger partial charge in [-0.05, 0) is 30.2 Å². The summed E-state index contributed by atoms with van der Waals surface area (Å²) in [7, 11) is 0. The second-order valence-electron chi connectivity index (χ2n) is 4.49. The van der Waals surface area contributed by atoms with Crippen LogP contribution in [0.15, 0.2) is 67.3 Å². The van der Waals surface area contributed by atoms with Gasteiger partial charge in [0.05, 0.1) is 6.61 Å². The van der Waals surface area contributed by atoms with Gasteiger partial charge in [-0.15, -0.1) is 6.58 Å². The molecule has 100 valence electrons. The van der Waals surface area contributed by atoms with E-state index in [4.69, 9.17) is 4.74 Å². The summed E-state index contributed by atoms with van der Waals surface area (Å²) in [5.74, 6) is 6.38. The lowest BCUT2D eigenvalue weighted by Crippen LogP contribution is -2.04. The summed E-state index contributed by atoms with van der Waals surface area (Å²) in [6.45, 7) is 6.26. The maximum absolute atomic E-state index is 5.79. The first kappa shape index (κ1) is 14.1. The minimum atomic E-state index is -0.227. The standard InChI is InChI=1S/C19H18O/c1-3-15-20-19(18-12-8-7-9-16(18)2)14-13-17-10-5-4-6-11-17/h3-12,19H,1,15H2,2H3/t19-/m0/s1. The van der Waals surface area contributed by atoms with Crippen molar-refractivity contribution in [2.75, 3.05) is 6.61 Å². The third kappa shape index (κ3) is 3.85. The number of aryl methyl sites for hydroxylation is 1. The molecule has 0 bridgehead atoms. The minimum Gasteiger partial charge on any atom is -0.357 e. The molecule has 0 amide bonds. The van der Waals surface area contributed by atoms with Gasteiger partial charge in [0.25, 0.3) is 0 Å². The summed E-state index contributed by atoms with van der Waals surface area (Å²) in [5.41, 5.74) is 3.29. The molecular weight excluding hydrogens is 244 g/mol. The van der Waals surface area contributed by atoms with E-state index in [0.717, 1.165) is 11.1 Å². The lowest BCUT2D eigenvalue weighted by molar-refractivity contribution is 0.117. The molecule has 20 heavy (non-hydrogen) atoms. The highest BCUT2D eigenvalue weighted by molar-refractivity contribution is 5.38. The Morgan fingerprint density at radius 1 is 1.10 bits per heavy atom. The Hall–Kier alpha value is -2.30. The Labute approximate surface area is 120 Å². The molecule has 0 aliphatic rings. The van der Waals surface area contributed by atoms with Gasteiger partial charge in [0.2, 0.25) is 0 Å². The van der Waals surface area contributed by atoms with E-state index in [0.29, 0.717) is 6.61 Å². The molecule has 2 aromatic rings. The molecule has 0 aromatic heterocycles. The van der Waals surface area contributed by atoms with Crippen LogP contribution in [0.4, 0.5) is 0 Å². The van der Waals surface area contributed by atoms with E-state index >= 15 is 0 Å². The van der Waals surface area contributed by atoms with Crippen LogP contribution in [0.1, 0.15) is 22.8 Å². The Balaban J connectivity index is 2.27. The second kappa shape index (κ2) is 7.33. The third-order valence-corrected chi connectivity index (χ3v) is 2.97. The van der Waals surface area contributed by atoms with Crippen molar-refractivity contribution in [1.29, 1.82) is 0 Å². The normalized spacial score (nSPS) is 11.2. The van der Waals surface area contributed by atoms with E-state index in [1.54, 1.807) is 6.08 Å². The fraction of sp³-hybridized carbons (Fsp3) is 0.158. The molecule has 1 heteroatoms. The van der Waals surface area contributed by atoms with Crippen LogP contribution < -0.4 is 0 Å². The number of ether oxygens (including phenoxy) is 1. The molecule has 0 saturated heterocycles. The fourth-order valence-electron chi connectivity index (χ4n) is 1.92. The zero-order valence-electron chi connectivity index (χ0n) is 11.7. The van der Waals surface area contributed by atoms with E-state index in [1.807, 2.05) is 42.5 Å². The van der Waals surface area contributed by atoms with E-state index < -0.39 is 0 Å². The number of benzene rings is 2. The summed E-state index contributed by atoms with van der Waals surface area (Å²) >= 11 is 0. The first-order valence-electron chi connectivity index (χ1n) is 6.66. The highest BCUT2D eigenvalue weighted by Gasteiger charge is 2.10. The molecule has 0 aliphatic carbocycles. The van der Waals surface area contributed by atoms with Gasteiger partial charge < -0.3 is 4.74 Å². The quantitative estimate of drug-likeness (QED) is 0.590. The molecule has 1 atom stereocenters. The van der Waals surface area contributed by atoms with Gasteiger partial charge in [-0.2, -0.15) is 0 Å². The van der Waals surface area contributed by atoms with Crippen molar-refractivity contribution in [2.24, 2.45) is 0 Å². The van der Waals surface area contributed by atoms with Gasteiger partial charge in [0.15, 0.2) is 0 Å². The summed E-state index contributed by atoms with van der Waals surface area (Å²) in [6, 6.07) is 18.1. The van der Waals surface area contributed by atoms with Gasteiger partial charge in [0.1, 0.15) is 6.10 Å². The van der Waals surface area contributed by atoms with Crippen molar-refractivity contribution in [3.8, 4) is 11.8 Å². The lowest BCUT2D eigenvalue weighted by atomic mass is 10.0. The maximum atomic E-state index is 5.79. The Kier molecular flexibility index (Phi) is 5.17. The topological polar surface area (TPSA) is 9.23 Å². The zero-order valence-corrected chi connectivity index (χ0v) is 11.7. The summed E-state index contributed by atoms with van der Waals surface area (Å²) in [4.78, 5) is 0. The van der Waals surface area contributed by atoms with Gasteiger partial charge in [-0.1, -0.05) is 60.4 Å². The summed E-state index contributed by atoms with van der Waals surface area (Å²) in [6.07, 6.45) is 1.52. The van der Waals surface area contributed by atoms with Crippen LogP contribution in [-0.2, 0) is 4.74 Å². The molecule has 0 aliphatic heterocycles. The average Bonchev–Trinajstić information content (AvgIpc) is 2.49. The van der Waals surface area contributed by atoms with Crippen molar-refractivity contribution in [3.63, 3.8) is 0 Å². The molecule has 0 heterocycles. The average molecular weight is 262 g/mol. The van der Waals surface area contributed by atoms with E-state index in [9.17, 15) is 0 Å². The first-order chi connectivity index (χ1) is 9.81. The number of rotatable bonds is 4. The molecule has 2 rings (SSSR count). The monoisotopic (exact) mass is 262 g/mol. The summed E-state index contributed by atoms with van der Waals surface area (Å²) in [5, 5.41) is 0. The van der Waals surface area contributed by atoms with E-state index in [1.165, 1.54) is 5.56 Å². The molecule has 0 radical (unpaired) electrons. The van der Waals surface area contributed by atoms with Crippen molar-refractivity contribution in [3.05, 3.63) is 83.9 Å². The van der Waals surface area contributed by atoms with Crippen LogP contribution >= 0.6 is 0 Å². The van der Waals surface area contributed by atoms with Crippen molar-refractivity contribution in [2.45, 2.75) is 13.0 Å². The molecule has 0 spiro atoms. The van der Waals surface area contributed by atoms with Crippen molar-refractivity contribution in [1.82, 2.24) is 0 Å². The molecule has 0 unspecified atom stereocenters.